The van der Waals surface area contributed by atoms with Crippen LogP contribution in [-0.4, -0.2) is 24.6 Å². The van der Waals surface area contributed by atoms with Gasteiger partial charge in [0.05, 0.1) is 7.11 Å². The van der Waals surface area contributed by atoms with E-state index in [0.29, 0.717) is 18.0 Å². The van der Waals surface area contributed by atoms with Crippen LogP contribution >= 0.6 is 0 Å². The Hall–Kier alpha value is -1.80. The molecule has 0 bridgehead atoms. The maximum Gasteiger partial charge on any atom is 0.122 e. The Labute approximate surface area is 139 Å². The van der Waals surface area contributed by atoms with Crippen LogP contribution in [0.1, 0.15) is 48.4 Å². The fourth-order valence-electron chi connectivity index (χ4n) is 4.69. The van der Waals surface area contributed by atoms with Gasteiger partial charge in [0, 0.05) is 23.6 Å². The molecule has 1 aliphatic heterocycles. The summed E-state index contributed by atoms with van der Waals surface area (Å²) in [6.07, 6.45) is 3.68. The number of methoxy groups -OCH3 is 1. The summed E-state index contributed by atoms with van der Waals surface area (Å²) in [5, 5.41) is 0. The molecular formula is C21H25NO. The van der Waals surface area contributed by atoms with E-state index in [1.165, 1.54) is 42.5 Å². The van der Waals surface area contributed by atoms with Crippen molar-refractivity contribution in [2.24, 2.45) is 0 Å². The molecule has 0 unspecified atom stereocenters. The van der Waals surface area contributed by atoms with E-state index in [9.17, 15) is 0 Å². The summed E-state index contributed by atoms with van der Waals surface area (Å²) in [5.41, 5.74) is 4.41. The Balaban J connectivity index is 1.65. The Morgan fingerprint density at radius 2 is 1.87 bits per heavy atom. The summed E-state index contributed by atoms with van der Waals surface area (Å²) in [6, 6.07) is 18.6. The monoisotopic (exact) mass is 307 g/mol. The first kappa shape index (κ1) is 14.8. The highest BCUT2D eigenvalue weighted by molar-refractivity contribution is 5.46. The third-order valence-corrected chi connectivity index (χ3v) is 5.82. The van der Waals surface area contributed by atoms with Gasteiger partial charge in [-0.25, -0.2) is 0 Å². The van der Waals surface area contributed by atoms with E-state index in [1.54, 1.807) is 7.11 Å². The molecule has 0 N–H and O–H groups in total. The zero-order chi connectivity index (χ0) is 15.8. The summed E-state index contributed by atoms with van der Waals surface area (Å²) in [5.74, 6) is 1.72. The first-order chi connectivity index (χ1) is 11.3. The molecule has 0 spiro atoms. The van der Waals surface area contributed by atoms with Crippen molar-refractivity contribution in [1.29, 1.82) is 0 Å². The van der Waals surface area contributed by atoms with E-state index >= 15 is 0 Å². The molecule has 2 aromatic carbocycles. The number of fused-ring (bicyclic) bond motifs is 3. The van der Waals surface area contributed by atoms with Crippen molar-refractivity contribution in [3.05, 3.63) is 65.2 Å². The van der Waals surface area contributed by atoms with Crippen LogP contribution in [0.15, 0.2) is 48.5 Å². The van der Waals surface area contributed by atoms with Crippen LogP contribution < -0.4 is 4.74 Å². The van der Waals surface area contributed by atoms with Crippen LogP contribution in [0.25, 0.3) is 0 Å². The second-order valence-electron chi connectivity index (χ2n) is 6.86. The first-order valence-electron chi connectivity index (χ1n) is 8.76. The van der Waals surface area contributed by atoms with Crippen molar-refractivity contribution >= 4 is 0 Å². The minimum Gasteiger partial charge on any atom is -0.496 e. The Morgan fingerprint density at radius 3 is 2.65 bits per heavy atom. The molecule has 2 aliphatic rings. The SMILES string of the molecule is COc1cccc2c1[C@@H]1CCN([C@H](C)c3ccccc3)[C@@H]1CC2. The van der Waals surface area contributed by atoms with Gasteiger partial charge in [-0.2, -0.15) is 0 Å². The fourth-order valence-corrected chi connectivity index (χ4v) is 4.69. The predicted octanol–water partition coefficient (Wildman–Crippen LogP) is 4.56. The zero-order valence-electron chi connectivity index (χ0n) is 14.0. The summed E-state index contributed by atoms with van der Waals surface area (Å²) in [7, 11) is 1.80. The predicted molar refractivity (Wildman–Crippen MR) is 94.0 cm³/mol. The van der Waals surface area contributed by atoms with Crippen LogP contribution in [0.2, 0.25) is 0 Å². The van der Waals surface area contributed by atoms with E-state index in [-0.39, 0.29) is 0 Å². The molecule has 3 atom stereocenters. The highest BCUT2D eigenvalue weighted by Gasteiger charge is 2.41. The van der Waals surface area contributed by atoms with Crippen LogP contribution in [-0.2, 0) is 6.42 Å². The molecule has 1 aliphatic carbocycles. The highest BCUT2D eigenvalue weighted by atomic mass is 16.5. The fraction of sp³-hybridized carbons (Fsp3) is 0.429. The molecule has 2 aromatic rings. The van der Waals surface area contributed by atoms with Crippen molar-refractivity contribution in [2.75, 3.05) is 13.7 Å². The van der Waals surface area contributed by atoms with Crippen LogP contribution in [0, 0.1) is 0 Å². The molecule has 1 heterocycles. The van der Waals surface area contributed by atoms with Crippen molar-refractivity contribution in [3.63, 3.8) is 0 Å². The van der Waals surface area contributed by atoms with E-state index in [0.717, 1.165) is 5.75 Å². The zero-order valence-corrected chi connectivity index (χ0v) is 14.0. The van der Waals surface area contributed by atoms with Crippen molar-refractivity contribution in [2.45, 2.75) is 44.2 Å². The Bertz CT molecular complexity index is 667. The van der Waals surface area contributed by atoms with Gasteiger partial charge in [-0.1, -0.05) is 42.5 Å². The number of hydrogen-bond acceptors (Lipinski definition) is 2. The smallest absolute Gasteiger partial charge is 0.122 e. The van der Waals surface area contributed by atoms with Gasteiger partial charge in [-0.3, -0.25) is 4.90 Å². The minimum absolute atomic E-state index is 0.488. The van der Waals surface area contributed by atoms with E-state index in [2.05, 4.69) is 60.4 Å². The van der Waals surface area contributed by atoms with Crippen molar-refractivity contribution in [1.82, 2.24) is 4.90 Å². The average Bonchev–Trinajstić information content (AvgIpc) is 3.05. The van der Waals surface area contributed by atoms with Gasteiger partial charge in [0.25, 0.3) is 0 Å². The molecule has 23 heavy (non-hydrogen) atoms. The third-order valence-electron chi connectivity index (χ3n) is 5.82. The molecule has 0 saturated carbocycles. The number of ether oxygens (including phenoxy) is 1. The normalized spacial score (nSPS) is 24.8. The Kier molecular flexibility index (Phi) is 3.86. The lowest BCUT2D eigenvalue weighted by molar-refractivity contribution is 0.172. The standard InChI is InChI=1S/C21H25NO/c1-15(16-7-4-3-5-8-16)22-14-13-18-19(22)12-11-17-9-6-10-20(23-2)21(17)18/h3-10,15,18-19H,11-14H2,1-2H3/t15-,18-,19-/m1/s1. The molecule has 1 saturated heterocycles. The summed E-state index contributed by atoms with van der Waals surface area (Å²) < 4.78 is 5.68. The quantitative estimate of drug-likeness (QED) is 0.824. The van der Waals surface area contributed by atoms with Gasteiger partial charge < -0.3 is 4.74 Å². The molecule has 0 radical (unpaired) electrons. The van der Waals surface area contributed by atoms with Crippen molar-refractivity contribution in [3.8, 4) is 5.75 Å². The van der Waals surface area contributed by atoms with Gasteiger partial charge >= 0.3 is 0 Å². The van der Waals surface area contributed by atoms with Gasteiger partial charge in [0.15, 0.2) is 0 Å². The lowest BCUT2D eigenvalue weighted by atomic mass is 9.79. The summed E-state index contributed by atoms with van der Waals surface area (Å²) >= 11 is 0. The molecule has 0 amide bonds. The number of likely N-dealkylation sites (tertiary alicyclic amines) is 1. The van der Waals surface area contributed by atoms with Gasteiger partial charge in [0.1, 0.15) is 5.75 Å². The van der Waals surface area contributed by atoms with E-state index in [1.807, 2.05) is 0 Å². The second kappa shape index (κ2) is 6.01. The topological polar surface area (TPSA) is 12.5 Å². The third kappa shape index (κ3) is 2.46. The van der Waals surface area contributed by atoms with Gasteiger partial charge in [-0.05, 0) is 49.9 Å². The van der Waals surface area contributed by atoms with Gasteiger partial charge in [-0.15, -0.1) is 0 Å². The van der Waals surface area contributed by atoms with Crippen LogP contribution in [0.3, 0.4) is 0 Å². The lowest BCUT2D eigenvalue weighted by Crippen LogP contribution is -2.37. The molecule has 2 heteroatoms. The Morgan fingerprint density at radius 1 is 1.04 bits per heavy atom. The number of benzene rings is 2. The largest absolute Gasteiger partial charge is 0.496 e. The molecule has 1 fully saturated rings. The molecule has 0 aromatic heterocycles. The number of aryl methyl sites for hydroxylation is 1. The van der Waals surface area contributed by atoms with E-state index < -0.39 is 0 Å². The maximum absolute atomic E-state index is 5.68. The van der Waals surface area contributed by atoms with Crippen LogP contribution in [0.5, 0.6) is 5.75 Å². The maximum atomic E-state index is 5.68. The second-order valence-corrected chi connectivity index (χ2v) is 6.86. The molecule has 4 rings (SSSR count). The molecule has 120 valence electrons. The van der Waals surface area contributed by atoms with Crippen LogP contribution in [0.4, 0.5) is 0 Å². The summed E-state index contributed by atoms with van der Waals surface area (Å²) in [4.78, 5) is 2.72. The number of nitrogens with zero attached hydrogens (tertiary/aromatic N) is 1. The molecular weight excluding hydrogens is 282 g/mol. The van der Waals surface area contributed by atoms with E-state index in [4.69, 9.17) is 4.74 Å². The number of hydrogen-bond donors (Lipinski definition) is 0. The van der Waals surface area contributed by atoms with Crippen molar-refractivity contribution < 1.29 is 4.74 Å². The lowest BCUT2D eigenvalue weighted by Gasteiger charge is -2.37. The molecule has 2 nitrogen and oxygen atoms in total. The summed E-state index contributed by atoms with van der Waals surface area (Å²) in [6.45, 7) is 3.54. The minimum atomic E-state index is 0.488. The average molecular weight is 307 g/mol. The first-order valence-corrected chi connectivity index (χ1v) is 8.76. The number of rotatable bonds is 3. The van der Waals surface area contributed by atoms with Gasteiger partial charge in [0.2, 0.25) is 0 Å². The highest BCUT2D eigenvalue weighted by Crippen LogP contribution is 2.47.